The van der Waals surface area contributed by atoms with Crippen LogP contribution in [-0.4, -0.2) is 25.5 Å². The van der Waals surface area contributed by atoms with E-state index in [4.69, 9.17) is 11.1 Å². The van der Waals surface area contributed by atoms with Crippen LogP contribution in [0.15, 0.2) is 23.4 Å². The Hall–Kier alpha value is -1.43. The van der Waals surface area contributed by atoms with Gasteiger partial charge in [0.25, 0.3) is 0 Å². The van der Waals surface area contributed by atoms with Crippen molar-refractivity contribution in [1.82, 2.24) is 4.98 Å². The number of sulfone groups is 1. The number of hydrogen-bond donors (Lipinski definition) is 2. The molecule has 0 aliphatic rings. The molecular formula is C7H9N3O2S. The van der Waals surface area contributed by atoms with Crippen molar-refractivity contribution in [3.8, 4) is 0 Å². The number of aromatic nitrogens is 1. The van der Waals surface area contributed by atoms with Crippen molar-refractivity contribution >= 4 is 15.7 Å². The zero-order valence-electron chi connectivity index (χ0n) is 6.98. The van der Waals surface area contributed by atoms with Gasteiger partial charge in [-0.25, -0.2) is 8.42 Å². The number of hydrogen-bond acceptors (Lipinski definition) is 4. The van der Waals surface area contributed by atoms with Crippen molar-refractivity contribution in [3.63, 3.8) is 0 Å². The second-order valence-electron chi connectivity index (χ2n) is 2.60. The van der Waals surface area contributed by atoms with Gasteiger partial charge in [-0.15, -0.1) is 0 Å². The smallest absolute Gasteiger partial charge is 0.177 e. The highest BCUT2D eigenvalue weighted by Gasteiger charge is 2.08. The van der Waals surface area contributed by atoms with Gasteiger partial charge in [-0.05, 0) is 6.07 Å². The molecule has 0 radical (unpaired) electrons. The monoisotopic (exact) mass is 199 g/mol. The molecule has 1 aromatic heterocycles. The molecule has 0 bridgehead atoms. The molecule has 5 nitrogen and oxygen atoms in total. The first-order valence-electron chi connectivity index (χ1n) is 3.41. The van der Waals surface area contributed by atoms with Crippen molar-refractivity contribution < 1.29 is 8.42 Å². The summed E-state index contributed by atoms with van der Waals surface area (Å²) in [5.74, 6) is -0.196. The molecule has 1 rings (SSSR count). The Labute approximate surface area is 76.0 Å². The fourth-order valence-electron chi connectivity index (χ4n) is 0.769. The minimum Gasteiger partial charge on any atom is -0.384 e. The molecule has 0 aromatic carbocycles. The van der Waals surface area contributed by atoms with Crippen LogP contribution in [0.4, 0.5) is 0 Å². The average Bonchev–Trinajstić information content (AvgIpc) is 2.03. The van der Waals surface area contributed by atoms with Gasteiger partial charge < -0.3 is 5.73 Å². The zero-order chi connectivity index (χ0) is 10.1. The van der Waals surface area contributed by atoms with E-state index < -0.39 is 9.84 Å². The van der Waals surface area contributed by atoms with Gasteiger partial charge in [-0.3, -0.25) is 10.4 Å². The zero-order valence-corrected chi connectivity index (χ0v) is 7.80. The molecule has 1 aromatic rings. The quantitative estimate of drug-likeness (QED) is 0.507. The van der Waals surface area contributed by atoms with Crippen LogP contribution >= 0.6 is 0 Å². The summed E-state index contributed by atoms with van der Waals surface area (Å²) in [7, 11) is -3.27. The Balaban J connectivity index is 3.29. The standard InChI is InChI=1S/C7H9N3O2S/c1-13(11,12)6-2-5(7(8)9)3-10-4-6/h2-4H,1H3,(H3,8,9). The van der Waals surface area contributed by atoms with Gasteiger partial charge in [0, 0.05) is 24.2 Å². The normalized spacial score (nSPS) is 11.2. The molecule has 0 aliphatic heterocycles. The van der Waals surface area contributed by atoms with Gasteiger partial charge in [0.15, 0.2) is 9.84 Å². The summed E-state index contributed by atoms with van der Waals surface area (Å²) in [6.45, 7) is 0. The van der Waals surface area contributed by atoms with E-state index in [9.17, 15) is 8.42 Å². The lowest BCUT2D eigenvalue weighted by molar-refractivity contribution is 0.601. The highest BCUT2D eigenvalue weighted by Crippen LogP contribution is 2.08. The lowest BCUT2D eigenvalue weighted by atomic mass is 10.3. The topological polar surface area (TPSA) is 96.9 Å². The maximum absolute atomic E-state index is 11.1. The van der Waals surface area contributed by atoms with Crippen LogP contribution in [0.1, 0.15) is 5.56 Å². The van der Waals surface area contributed by atoms with E-state index >= 15 is 0 Å². The Morgan fingerprint density at radius 2 is 2.15 bits per heavy atom. The van der Waals surface area contributed by atoms with E-state index in [1.165, 1.54) is 18.5 Å². The molecule has 0 atom stereocenters. The second kappa shape index (κ2) is 3.14. The molecule has 0 amide bonds. The Morgan fingerprint density at radius 1 is 1.54 bits per heavy atom. The highest BCUT2D eigenvalue weighted by atomic mass is 32.2. The van der Waals surface area contributed by atoms with Crippen molar-refractivity contribution in [2.75, 3.05) is 6.26 Å². The van der Waals surface area contributed by atoms with Gasteiger partial charge in [0.1, 0.15) is 5.84 Å². The molecule has 0 aliphatic carbocycles. The summed E-state index contributed by atoms with van der Waals surface area (Å²) in [6, 6.07) is 1.32. The first-order chi connectivity index (χ1) is 5.91. The minimum absolute atomic E-state index is 0.0696. The van der Waals surface area contributed by atoms with Crippen molar-refractivity contribution in [2.24, 2.45) is 5.73 Å². The molecule has 6 heteroatoms. The number of amidine groups is 1. The first-order valence-corrected chi connectivity index (χ1v) is 5.30. The third-order valence-electron chi connectivity index (χ3n) is 1.45. The van der Waals surface area contributed by atoms with E-state index in [2.05, 4.69) is 4.98 Å². The molecule has 13 heavy (non-hydrogen) atoms. The maximum Gasteiger partial charge on any atom is 0.177 e. The molecule has 0 saturated carbocycles. The number of nitrogens with two attached hydrogens (primary N) is 1. The van der Waals surface area contributed by atoms with E-state index in [1.54, 1.807) is 0 Å². The lowest BCUT2D eigenvalue weighted by Crippen LogP contribution is -2.12. The highest BCUT2D eigenvalue weighted by molar-refractivity contribution is 7.90. The largest absolute Gasteiger partial charge is 0.384 e. The van der Waals surface area contributed by atoms with Gasteiger partial charge in [0.2, 0.25) is 0 Å². The summed E-state index contributed by atoms with van der Waals surface area (Å²) < 4.78 is 22.1. The third-order valence-corrected chi connectivity index (χ3v) is 2.53. The van der Waals surface area contributed by atoms with Crippen LogP contribution < -0.4 is 5.73 Å². The molecule has 3 N–H and O–H groups in total. The van der Waals surface area contributed by atoms with Gasteiger partial charge in [0.05, 0.1) is 4.90 Å². The minimum atomic E-state index is -3.27. The molecule has 0 unspecified atom stereocenters. The second-order valence-corrected chi connectivity index (χ2v) is 4.61. The van der Waals surface area contributed by atoms with Gasteiger partial charge in [-0.1, -0.05) is 0 Å². The summed E-state index contributed by atoms with van der Waals surface area (Å²) >= 11 is 0. The predicted molar refractivity (Wildman–Crippen MR) is 48.4 cm³/mol. The number of pyridine rings is 1. The van der Waals surface area contributed by atoms with E-state index in [0.29, 0.717) is 5.56 Å². The molecular weight excluding hydrogens is 190 g/mol. The Morgan fingerprint density at radius 3 is 2.62 bits per heavy atom. The number of rotatable bonds is 2. The van der Waals surface area contributed by atoms with Gasteiger partial charge in [-0.2, -0.15) is 0 Å². The third kappa shape index (κ3) is 2.25. The predicted octanol–water partition coefficient (Wildman–Crippen LogP) is -0.231. The fourth-order valence-corrected chi connectivity index (χ4v) is 1.36. The van der Waals surface area contributed by atoms with Crippen molar-refractivity contribution in [2.45, 2.75) is 4.90 Å². The Kier molecular flexibility index (Phi) is 2.33. The van der Waals surface area contributed by atoms with Crippen LogP contribution in [0.2, 0.25) is 0 Å². The number of nitrogen functional groups attached to an aromatic ring is 1. The van der Waals surface area contributed by atoms with Crippen LogP contribution in [0.5, 0.6) is 0 Å². The number of nitrogens with zero attached hydrogens (tertiary/aromatic N) is 1. The molecule has 0 spiro atoms. The van der Waals surface area contributed by atoms with Crippen LogP contribution in [0, 0.1) is 5.41 Å². The molecule has 70 valence electrons. The molecule has 0 fully saturated rings. The summed E-state index contributed by atoms with van der Waals surface area (Å²) in [5, 5.41) is 7.08. The van der Waals surface area contributed by atoms with Crippen molar-refractivity contribution in [3.05, 3.63) is 24.0 Å². The maximum atomic E-state index is 11.1. The Bertz CT molecular complexity index is 439. The lowest BCUT2D eigenvalue weighted by Gasteiger charge is -2.00. The van der Waals surface area contributed by atoms with Crippen LogP contribution in [-0.2, 0) is 9.84 Å². The summed E-state index contributed by atoms with van der Waals surface area (Å²) in [4.78, 5) is 3.74. The fraction of sp³-hybridized carbons (Fsp3) is 0.143. The average molecular weight is 199 g/mol. The molecule has 0 saturated heterocycles. The number of nitrogens with one attached hydrogen (secondary N) is 1. The first kappa shape index (κ1) is 9.66. The molecule has 1 heterocycles. The van der Waals surface area contributed by atoms with Gasteiger partial charge >= 0.3 is 0 Å². The van der Waals surface area contributed by atoms with E-state index in [1.807, 2.05) is 0 Å². The SMILES string of the molecule is CS(=O)(=O)c1cncc(C(=N)N)c1. The van der Waals surface area contributed by atoms with E-state index in [-0.39, 0.29) is 10.7 Å². The summed E-state index contributed by atoms with van der Waals surface area (Å²) in [6.07, 6.45) is 3.65. The van der Waals surface area contributed by atoms with Crippen LogP contribution in [0.25, 0.3) is 0 Å². The van der Waals surface area contributed by atoms with Crippen molar-refractivity contribution in [1.29, 1.82) is 5.41 Å². The van der Waals surface area contributed by atoms with E-state index in [0.717, 1.165) is 6.26 Å². The van der Waals surface area contributed by atoms with Crippen LogP contribution in [0.3, 0.4) is 0 Å². The summed E-state index contributed by atoms with van der Waals surface area (Å²) in [5.41, 5.74) is 5.48.